The zero-order valence-electron chi connectivity index (χ0n) is 11.0. The van der Waals surface area contributed by atoms with Gasteiger partial charge in [0.1, 0.15) is 15.6 Å². The number of carbonyl (C=O) groups excluding carboxylic acids is 1. The third-order valence-corrected chi connectivity index (χ3v) is 3.78. The van der Waals surface area contributed by atoms with Gasteiger partial charge in [0.05, 0.1) is 5.75 Å². The minimum Gasteiger partial charge on any atom is -0.300 e. The van der Waals surface area contributed by atoms with Gasteiger partial charge in [-0.3, -0.25) is 4.79 Å². The highest BCUT2D eigenvalue weighted by Crippen LogP contribution is 2.08. The van der Waals surface area contributed by atoms with E-state index in [-0.39, 0.29) is 11.5 Å². The standard InChI is InChI=1S/C14H20O3S/c1-12-5-3-6-13(11-12)8-9-14(15)7-4-10-18(2,16)17/h3,5-6,11H,4,7-10H2,1-2H3. The van der Waals surface area contributed by atoms with Crippen molar-refractivity contribution in [3.05, 3.63) is 35.4 Å². The number of sulfone groups is 1. The Labute approximate surface area is 109 Å². The normalized spacial score (nSPS) is 11.4. The summed E-state index contributed by atoms with van der Waals surface area (Å²) in [5.74, 6) is 0.239. The van der Waals surface area contributed by atoms with E-state index in [1.807, 2.05) is 25.1 Å². The summed E-state index contributed by atoms with van der Waals surface area (Å²) in [4.78, 5) is 11.6. The van der Waals surface area contributed by atoms with E-state index in [2.05, 4.69) is 6.07 Å². The van der Waals surface area contributed by atoms with Crippen LogP contribution in [0.2, 0.25) is 0 Å². The highest BCUT2D eigenvalue weighted by molar-refractivity contribution is 7.90. The third-order valence-electron chi connectivity index (χ3n) is 2.75. The maximum atomic E-state index is 11.6. The number of rotatable bonds is 7. The minimum absolute atomic E-state index is 0.100. The maximum Gasteiger partial charge on any atom is 0.147 e. The molecule has 4 heteroatoms. The van der Waals surface area contributed by atoms with Crippen LogP contribution >= 0.6 is 0 Å². The number of hydrogen-bond acceptors (Lipinski definition) is 3. The van der Waals surface area contributed by atoms with Crippen LogP contribution in [0.4, 0.5) is 0 Å². The molecule has 0 aromatic heterocycles. The summed E-state index contributed by atoms with van der Waals surface area (Å²) >= 11 is 0. The smallest absolute Gasteiger partial charge is 0.147 e. The van der Waals surface area contributed by atoms with Gasteiger partial charge in [-0.25, -0.2) is 8.42 Å². The first kappa shape index (κ1) is 14.9. The van der Waals surface area contributed by atoms with Crippen molar-refractivity contribution in [3.8, 4) is 0 Å². The molecule has 0 spiro atoms. The molecule has 0 aliphatic rings. The third kappa shape index (κ3) is 6.55. The van der Waals surface area contributed by atoms with E-state index in [0.29, 0.717) is 19.3 Å². The van der Waals surface area contributed by atoms with Crippen LogP contribution in [0.25, 0.3) is 0 Å². The summed E-state index contributed by atoms with van der Waals surface area (Å²) in [5.41, 5.74) is 2.35. The Bertz CT molecular complexity index is 504. The van der Waals surface area contributed by atoms with Gasteiger partial charge in [-0.15, -0.1) is 0 Å². The quantitative estimate of drug-likeness (QED) is 0.762. The lowest BCUT2D eigenvalue weighted by molar-refractivity contribution is -0.119. The lowest BCUT2D eigenvalue weighted by Gasteiger charge is -2.02. The maximum absolute atomic E-state index is 11.6. The van der Waals surface area contributed by atoms with E-state index >= 15 is 0 Å². The molecule has 0 unspecified atom stereocenters. The molecule has 0 heterocycles. The molecule has 0 amide bonds. The summed E-state index contributed by atoms with van der Waals surface area (Å²) in [6.07, 6.45) is 3.22. The average Bonchev–Trinajstić information content (AvgIpc) is 2.25. The molecular weight excluding hydrogens is 248 g/mol. The van der Waals surface area contributed by atoms with Crippen molar-refractivity contribution in [3.63, 3.8) is 0 Å². The molecule has 1 aromatic carbocycles. The van der Waals surface area contributed by atoms with Crippen LogP contribution in [-0.4, -0.2) is 26.2 Å². The zero-order chi connectivity index (χ0) is 13.6. The highest BCUT2D eigenvalue weighted by Gasteiger charge is 2.06. The van der Waals surface area contributed by atoms with Gasteiger partial charge in [0.2, 0.25) is 0 Å². The van der Waals surface area contributed by atoms with Crippen molar-refractivity contribution >= 4 is 15.6 Å². The van der Waals surface area contributed by atoms with Crippen molar-refractivity contribution in [1.82, 2.24) is 0 Å². The molecule has 0 bridgehead atoms. The van der Waals surface area contributed by atoms with Gasteiger partial charge in [0.25, 0.3) is 0 Å². The first-order valence-electron chi connectivity index (χ1n) is 6.12. The molecule has 0 atom stereocenters. The summed E-state index contributed by atoms with van der Waals surface area (Å²) in [6.45, 7) is 2.03. The van der Waals surface area contributed by atoms with Gasteiger partial charge in [-0.2, -0.15) is 0 Å². The van der Waals surface area contributed by atoms with Crippen molar-refractivity contribution in [2.45, 2.75) is 32.6 Å². The van der Waals surface area contributed by atoms with Crippen LogP contribution in [0, 0.1) is 6.92 Å². The molecule has 0 saturated carbocycles. The average molecular weight is 268 g/mol. The molecule has 1 rings (SSSR count). The van der Waals surface area contributed by atoms with Crippen LogP contribution in [0.3, 0.4) is 0 Å². The summed E-state index contributed by atoms with van der Waals surface area (Å²) in [6, 6.07) is 8.09. The molecule has 0 fully saturated rings. The van der Waals surface area contributed by atoms with Crippen molar-refractivity contribution < 1.29 is 13.2 Å². The largest absolute Gasteiger partial charge is 0.300 e. The number of carbonyl (C=O) groups is 1. The predicted octanol–water partition coefficient (Wildman–Crippen LogP) is 2.32. The Morgan fingerprint density at radius 2 is 1.94 bits per heavy atom. The number of hydrogen-bond donors (Lipinski definition) is 0. The fraction of sp³-hybridized carbons (Fsp3) is 0.500. The summed E-state index contributed by atoms with van der Waals surface area (Å²) in [7, 11) is -2.94. The van der Waals surface area contributed by atoms with E-state index in [0.717, 1.165) is 12.0 Å². The van der Waals surface area contributed by atoms with Gasteiger partial charge in [0.15, 0.2) is 0 Å². The Morgan fingerprint density at radius 3 is 2.56 bits per heavy atom. The van der Waals surface area contributed by atoms with Crippen LogP contribution in [0.15, 0.2) is 24.3 Å². The number of ketones is 1. The molecule has 3 nitrogen and oxygen atoms in total. The Balaban J connectivity index is 2.29. The topological polar surface area (TPSA) is 51.2 Å². The second-order valence-electron chi connectivity index (χ2n) is 4.76. The summed E-state index contributed by atoms with van der Waals surface area (Å²) < 4.78 is 21.8. The molecule has 0 aliphatic heterocycles. The van der Waals surface area contributed by atoms with E-state index in [1.165, 1.54) is 11.8 Å². The molecule has 0 aliphatic carbocycles. The molecule has 1 aromatic rings. The van der Waals surface area contributed by atoms with E-state index < -0.39 is 9.84 Å². The van der Waals surface area contributed by atoms with Gasteiger partial charge in [0, 0.05) is 19.1 Å². The number of aryl methyl sites for hydroxylation is 2. The van der Waals surface area contributed by atoms with Crippen LogP contribution in [-0.2, 0) is 21.1 Å². The number of Topliss-reactive ketones (excluding diaryl/α,β-unsaturated/α-hetero) is 1. The highest BCUT2D eigenvalue weighted by atomic mass is 32.2. The first-order valence-corrected chi connectivity index (χ1v) is 8.18. The Kier molecular flexibility index (Phi) is 5.54. The Morgan fingerprint density at radius 1 is 1.22 bits per heavy atom. The predicted molar refractivity (Wildman–Crippen MR) is 73.5 cm³/mol. The van der Waals surface area contributed by atoms with Crippen LogP contribution in [0.1, 0.15) is 30.4 Å². The fourth-order valence-corrected chi connectivity index (χ4v) is 2.48. The number of benzene rings is 1. The van der Waals surface area contributed by atoms with Crippen LogP contribution < -0.4 is 0 Å². The van der Waals surface area contributed by atoms with Gasteiger partial charge >= 0.3 is 0 Å². The van der Waals surface area contributed by atoms with E-state index in [9.17, 15) is 13.2 Å². The zero-order valence-corrected chi connectivity index (χ0v) is 11.8. The molecule has 18 heavy (non-hydrogen) atoms. The lowest BCUT2D eigenvalue weighted by Crippen LogP contribution is -2.07. The molecule has 0 radical (unpaired) electrons. The van der Waals surface area contributed by atoms with Crippen molar-refractivity contribution in [1.29, 1.82) is 0 Å². The Hall–Kier alpha value is -1.16. The van der Waals surface area contributed by atoms with Gasteiger partial charge < -0.3 is 0 Å². The van der Waals surface area contributed by atoms with Gasteiger partial charge in [-0.1, -0.05) is 29.8 Å². The van der Waals surface area contributed by atoms with Gasteiger partial charge in [-0.05, 0) is 25.3 Å². The SMILES string of the molecule is Cc1cccc(CCC(=O)CCCS(C)(=O)=O)c1. The minimum atomic E-state index is -2.94. The molecule has 100 valence electrons. The van der Waals surface area contributed by atoms with Crippen molar-refractivity contribution in [2.24, 2.45) is 0 Å². The monoisotopic (exact) mass is 268 g/mol. The first-order chi connectivity index (χ1) is 8.37. The molecule has 0 saturated heterocycles. The van der Waals surface area contributed by atoms with E-state index in [1.54, 1.807) is 0 Å². The van der Waals surface area contributed by atoms with Crippen LogP contribution in [0.5, 0.6) is 0 Å². The summed E-state index contributed by atoms with van der Waals surface area (Å²) in [5, 5.41) is 0. The second kappa shape index (κ2) is 6.69. The lowest BCUT2D eigenvalue weighted by atomic mass is 10.0. The fourth-order valence-electron chi connectivity index (χ4n) is 1.81. The van der Waals surface area contributed by atoms with Crippen molar-refractivity contribution in [2.75, 3.05) is 12.0 Å². The second-order valence-corrected chi connectivity index (χ2v) is 7.02. The molecule has 0 N–H and O–H groups in total. The van der Waals surface area contributed by atoms with E-state index in [4.69, 9.17) is 0 Å². The molecular formula is C14H20O3S.